The molecule has 4 rings (SSSR count). The van der Waals surface area contributed by atoms with Crippen LogP contribution in [0.5, 0.6) is 0 Å². The molecule has 0 fully saturated rings. The van der Waals surface area contributed by atoms with Crippen molar-refractivity contribution in [3.8, 4) is 0 Å². The Hall–Kier alpha value is -4.77. The van der Waals surface area contributed by atoms with Crippen LogP contribution in [-0.4, -0.2) is 25.3 Å². The zero-order valence-corrected chi connectivity index (χ0v) is 18.8. The van der Waals surface area contributed by atoms with Crippen molar-refractivity contribution < 1.29 is 22.9 Å². The van der Waals surface area contributed by atoms with Gasteiger partial charge in [-0.1, -0.05) is 30.3 Å². The normalized spacial score (nSPS) is 11.0. The number of hydrogen-bond donors (Lipinski definition) is 3. The number of anilines is 2. The highest BCUT2D eigenvalue weighted by Crippen LogP contribution is 2.20. The summed E-state index contributed by atoms with van der Waals surface area (Å²) in [6.07, 6.45) is 0. The first-order valence-corrected chi connectivity index (χ1v) is 11.7. The van der Waals surface area contributed by atoms with Crippen molar-refractivity contribution in [3.05, 3.63) is 107 Å². The van der Waals surface area contributed by atoms with E-state index in [1.54, 1.807) is 6.07 Å². The van der Waals surface area contributed by atoms with Crippen LogP contribution in [0.3, 0.4) is 0 Å². The van der Waals surface area contributed by atoms with Gasteiger partial charge < -0.3 is 10.6 Å². The van der Waals surface area contributed by atoms with Crippen LogP contribution in [0.4, 0.5) is 21.9 Å². The van der Waals surface area contributed by atoms with E-state index in [0.717, 1.165) is 35.0 Å². The van der Waals surface area contributed by atoms with Crippen LogP contribution < -0.4 is 15.4 Å². The fourth-order valence-electron chi connectivity index (χ4n) is 3.25. The summed E-state index contributed by atoms with van der Waals surface area (Å²) in [6, 6.07) is 22.5. The topological polar surface area (TPSA) is 148 Å². The summed E-state index contributed by atoms with van der Waals surface area (Å²) in [4.78, 5) is 34.5. The maximum Gasteiger partial charge on any atom is 0.323 e. The maximum absolute atomic E-state index is 12.4. The lowest BCUT2D eigenvalue weighted by Crippen LogP contribution is -2.30. The van der Waals surface area contributed by atoms with Crippen LogP contribution >= 0.6 is 0 Å². The summed E-state index contributed by atoms with van der Waals surface area (Å²) in [7, 11) is -4.23. The molecule has 0 saturated carbocycles. The Bertz CT molecular complexity index is 1530. The molecule has 4 aromatic carbocycles. The van der Waals surface area contributed by atoms with Crippen molar-refractivity contribution in [1.82, 2.24) is 4.72 Å². The molecule has 3 amide bonds. The van der Waals surface area contributed by atoms with Gasteiger partial charge in [-0.3, -0.25) is 14.9 Å². The molecular formula is C24H18N4O6S. The lowest BCUT2D eigenvalue weighted by molar-refractivity contribution is -0.384. The number of nitrogens with zero attached hydrogens (tertiary/aromatic N) is 1. The number of carbonyl (C=O) groups is 2. The van der Waals surface area contributed by atoms with Crippen molar-refractivity contribution in [2.24, 2.45) is 0 Å². The number of sulfonamides is 1. The first kappa shape index (κ1) is 23.4. The number of amides is 3. The molecule has 11 heteroatoms. The zero-order chi connectivity index (χ0) is 25.0. The van der Waals surface area contributed by atoms with Gasteiger partial charge in [0, 0.05) is 29.1 Å². The fourth-order valence-corrected chi connectivity index (χ4v) is 4.23. The summed E-state index contributed by atoms with van der Waals surface area (Å²) >= 11 is 0. The third-order valence-corrected chi connectivity index (χ3v) is 6.34. The van der Waals surface area contributed by atoms with E-state index >= 15 is 0 Å². The molecule has 0 radical (unpaired) electrons. The molecule has 35 heavy (non-hydrogen) atoms. The molecule has 3 N–H and O–H groups in total. The standard InChI is InChI=1S/C24H18N4O6S/c29-23(27-35(33,34)22-13-11-21(12-14-22)28(31)32)17-6-8-19(9-7-17)25-24(30)26-20-10-5-16-3-1-2-4-18(16)15-20/h1-15H,(H,27,29)(H2,25,26,30). The highest BCUT2D eigenvalue weighted by molar-refractivity contribution is 7.90. The van der Waals surface area contributed by atoms with Gasteiger partial charge in [-0.05, 0) is 59.3 Å². The SMILES string of the molecule is O=C(Nc1ccc(C(=O)NS(=O)(=O)c2ccc([N+](=O)[O-])cc2)cc1)Nc1ccc2ccccc2c1. The van der Waals surface area contributed by atoms with Crippen molar-refractivity contribution in [2.75, 3.05) is 10.6 Å². The number of fused-ring (bicyclic) bond motifs is 1. The number of hydrogen-bond acceptors (Lipinski definition) is 6. The molecule has 0 saturated heterocycles. The molecule has 0 aliphatic carbocycles. The quantitative estimate of drug-likeness (QED) is 0.268. The third-order valence-electron chi connectivity index (χ3n) is 5.00. The molecule has 4 aromatic rings. The maximum atomic E-state index is 12.4. The number of non-ortho nitro benzene ring substituents is 1. The van der Waals surface area contributed by atoms with Crippen LogP contribution in [0.1, 0.15) is 10.4 Å². The van der Waals surface area contributed by atoms with Gasteiger partial charge in [0.15, 0.2) is 0 Å². The van der Waals surface area contributed by atoms with Crippen molar-refractivity contribution >= 4 is 49.8 Å². The minimum absolute atomic E-state index is 0.0379. The van der Waals surface area contributed by atoms with Gasteiger partial charge in [-0.25, -0.2) is 17.9 Å². The highest BCUT2D eigenvalue weighted by atomic mass is 32.2. The summed E-state index contributed by atoms with van der Waals surface area (Å²) in [5, 5.41) is 18.1. The molecule has 0 bridgehead atoms. The molecule has 176 valence electrons. The van der Waals surface area contributed by atoms with Gasteiger partial charge in [-0.2, -0.15) is 0 Å². The van der Waals surface area contributed by atoms with Gasteiger partial charge in [0.25, 0.3) is 21.6 Å². The van der Waals surface area contributed by atoms with Gasteiger partial charge in [-0.15, -0.1) is 0 Å². The highest BCUT2D eigenvalue weighted by Gasteiger charge is 2.20. The van der Waals surface area contributed by atoms with Gasteiger partial charge in [0.05, 0.1) is 9.82 Å². The van der Waals surface area contributed by atoms with Crippen LogP contribution in [-0.2, 0) is 10.0 Å². The van der Waals surface area contributed by atoms with Crippen LogP contribution in [0.25, 0.3) is 10.8 Å². The first-order chi connectivity index (χ1) is 16.7. The lowest BCUT2D eigenvalue weighted by atomic mass is 10.1. The van der Waals surface area contributed by atoms with Gasteiger partial charge in [0.1, 0.15) is 0 Å². The third kappa shape index (κ3) is 5.60. The first-order valence-electron chi connectivity index (χ1n) is 10.2. The Morgan fingerprint density at radius 1 is 0.743 bits per heavy atom. The molecule has 0 aliphatic rings. The number of nitro benzene ring substituents is 1. The number of nitrogens with one attached hydrogen (secondary N) is 3. The lowest BCUT2D eigenvalue weighted by Gasteiger charge is -2.10. The van der Waals surface area contributed by atoms with Crippen molar-refractivity contribution in [2.45, 2.75) is 4.90 Å². The average molecular weight is 490 g/mol. The van der Waals surface area contributed by atoms with Crippen LogP contribution in [0.2, 0.25) is 0 Å². The van der Waals surface area contributed by atoms with Crippen molar-refractivity contribution in [3.63, 3.8) is 0 Å². The number of nitro groups is 1. The second-order valence-electron chi connectivity index (χ2n) is 7.40. The smallest absolute Gasteiger partial charge is 0.308 e. The summed E-state index contributed by atoms with van der Waals surface area (Å²) in [6.45, 7) is 0. The van der Waals surface area contributed by atoms with Gasteiger partial charge >= 0.3 is 6.03 Å². The summed E-state index contributed by atoms with van der Waals surface area (Å²) in [5.41, 5.74) is 0.755. The van der Waals surface area contributed by atoms with Gasteiger partial charge in [0.2, 0.25) is 0 Å². The minimum atomic E-state index is -4.23. The van der Waals surface area contributed by atoms with E-state index in [-0.39, 0.29) is 16.1 Å². The number of carbonyl (C=O) groups excluding carboxylic acids is 2. The molecular weight excluding hydrogens is 472 g/mol. The predicted molar refractivity (Wildman–Crippen MR) is 131 cm³/mol. The average Bonchev–Trinajstić information content (AvgIpc) is 2.84. The number of rotatable bonds is 6. The minimum Gasteiger partial charge on any atom is -0.308 e. The second kappa shape index (κ2) is 9.61. The van der Waals surface area contributed by atoms with E-state index in [1.165, 1.54) is 24.3 Å². The predicted octanol–water partition coefficient (Wildman–Crippen LogP) is 4.51. The summed E-state index contributed by atoms with van der Waals surface area (Å²) < 4.78 is 26.7. The molecule has 0 atom stereocenters. The Kier molecular flexibility index (Phi) is 6.42. The Morgan fingerprint density at radius 3 is 2.00 bits per heavy atom. The Labute approximate surface area is 199 Å². The largest absolute Gasteiger partial charge is 0.323 e. The second-order valence-corrected chi connectivity index (χ2v) is 9.09. The van der Waals surface area contributed by atoms with E-state index in [0.29, 0.717) is 11.4 Å². The van der Waals surface area contributed by atoms with E-state index in [4.69, 9.17) is 0 Å². The van der Waals surface area contributed by atoms with E-state index in [9.17, 15) is 28.1 Å². The Balaban J connectivity index is 1.38. The van der Waals surface area contributed by atoms with Crippen LogP contribution in [0, 0.1) is 10.1 Å². The molecule has 0 heterocycles. The molecule has 0 aromatic heterocycles. The monoisotopic (exact) mass is 490 g/mol. The Morgan fingerprint density at radius 2 is 1.34 bits per heavy atom. The van der Waals surface area contributed by atoms with E-state index < -0.39 is 26.9 Å². The number of urea groups is 1. The molecule has 0 spiro atoms. The van der Waals surface area contributed by atoms with Crippen LogP contribution in [0.15, 0.2) is 95.9 Å². The van der Waals surface area contributed by atoms with E-state index in [1.807, 2.05) is 41.1 Å². The molecule has 10 nitrogen and oxygen atoms in total. The van der Waals surface area contributed by atoms with E-state index in [2.05, 4.69) is 10.6 Å². The molecule has 0 unspecified atom stereocenters. The zero-order valence-electron chi connectivity index (χ0n) is 18.0. The fraction of sp³-hybridized carbons (Fsp3) is 0. The summed E-state index contributed by atoms with van der Waals surface area (Å²) in [5.74, 6) is -0.893. The number of benzene rings is 4. The molecule has 0 aliphatic heterocycles. The van der Waals surface area contributed by atoms with Crippen molar-refractivity contribution in [1.29, 1.82) is 0 Å².